The van der Waals surface area contributed by atoms with Crippen molar-refractivity contribution in [3.05, 3.63) is 47.6 Å². The van der Waals surface area contributed by atoms with Crippen molar-refractivity contribution in [2.75, 3.05) is 16.4 Å². The second-order valence-electron chi connectivity index (χ2n) is 6.42. The molecule has 0 atom stereocenters. The summed E-state index contributed by atoms with van der Waals surface area (Å²) in [7, 11) is 0. The largest absolute Gasteiger partial charge is 0.326 e. The van der Waals surface area contributed by atoms with E-state index < -0.39 is 5.41 Å². The van der Waals surface area contributed by atoms with Gasteiger partial charge in [-0.05, 0) is 36.4 Å². The minimum atomic E-state index is -0.445. The molecule has 5 nitrogen and oxygen atoms in total. The normalized spacial score (nSPS) is 11.0. The molecule has 1 heterocycles. The van der Waals surface area contributed by atoms with Gasteiger partial charge in [-0.2, -0.15) is 0 Å². The molecular weight excluding hydrogens is 358 g/mol. The van der Waals surface area contributed by atoms with Gasteiger partial charge in [0.25, 0.3) is 0 Å². The molecule has 0 saturated heterocycles. The Morgan fingerprint density at radius 2 is 1.80 bits per heavy atom. The zero-order chi connectivity index (χ0) is 18.4. The first kappa shape index (κ1) is 19.3. The van der Waals surface area contributed by atoms with Crippen LogP contribution in [0.5, 0.6) is 0 Å². The molecule has 0 bridgehead atoms. The maximum atomic E-state index is 11.9. The maximum Gasteiger partial charge on any atom is 0.235 e. The van der Waals surface area contributed by atoms with E-state index in [0.717, 1.165) is 10.6 Å². The highest BCUT2D eigenvalue weighted by Gasteiger charge is 2.21. The fourth-order valence-electron chi connectivity index (χ4n) is 1.75. The summed E-state index contributed by atoms with van der Waals surface area (Å²) in [5.74, 6) is 0.478. The van der Waals surface area contributed by atoms with E-state index in [9.17, 15) is 9.59 Å². The molecule has 7 heteroatoms. The second kappa shape index (κ2) is 8.36. The van der Waals surface area contributed by atoms with Gasteiger partial charge in [0.15, 0.2) is 0 Å². The Labute approximate surface area is 156 Å². The molecule has 0 aliphatic heterocycles. The molecular formula is C18H20ClN3O2S. The standard InChI is InChI=1S/C18H20ClN3O2S/c1-18(2,3)17(24)21-13-4-6-14(7-5-13)25-11-16(23)22-15-10-12(19)8-9-20-15/h4-10H,11H2,1-3H3,(H,21,24)(H,20,22,23). The van der Waals surface area contributed by atoms with Crippen molar-refractivity contribution >= 4 is 46.7 Å². The fourth-order valence-corrected chi connectivity index (χ4v) is 2.61. The lowest BCUT2D eigenvalue weighted by molar-refractivity contribution is -0.123. The fraction of sp³-hybridized carbons (Fsp3) is 0.278. The minimum absolute atomic E-state index is 0.0405. The summed E-state index contributed by atoms with van der Waals surface area (Å²) in [4.78, 5) is 28.9. The van der Waals surface area contributed by atoms with E-state index in [1.165, 1.54) is 18.0 Å². The predicted molar refractivity (Wildman–Crippen MR) is 103 cm³/mol. The highest BCUT2D eigenvalue weighted by molar-refractivity contribution is 8.00. The lowest BCUT2D eigenvalue weighted by Crippen LogP contribution is -2.27. The smallest absolute Gasteiger partial charge is 0.235 e. The molecule has 0 unspecified atom stereocenters. The molecule has 0 aliphatic rings. The average molecular weight is 378 g/mol. The van der Waals surface area contributed by atoms with Gasteiger partial charge in [-0.15, -0.1) is 11.8 Å². The van der Waals surface area contributed by atoms with Gasteiger partial charge in [-0.3, -0.25) is 9.59 Å². The van der Waals surface area contributed by atoms with Gasteiger partial charge in [-0.25, -0.2) is 4.98 Å². The molecule has 0 aliphatic carbocycles. The summed E-state index contributed by atoms with van der Waals surface area (Å²) in [5, 5.41) is 6.08. The molecule has 1 aromatic heterocycles. The molecule has 2 aromatic rings. The molecule has 2 amide bonds. The number of amides is 2. The van der Waals surface area contributed by atoms with E-state index in [1.807, 2.05) is 45.0 Å². The predicted octanol–water partition coefficient (Wildman–Crippen LogP) is 4.45. The van der Waals surface area contributed by atoms with Crippen molar-refractivity contribution in [1.29, 1.82) is 0 Å². The van der Waals surface area contributed by atoms with Crippen molar-refractivity contribution in [3.63, 3.8) is 0 Å². The van der Waals surface area contributed by atoms with Crippen molar-refractivity contribution in [2.45, 2.75) is 25.7 Å². The molecule has 132 valence electrons. The zero-order valence-electron chi connectivity index (χ0n) is 14.3. The third kappa shape index (κ3) is 6.40. The van der Waals surface area contributed by atoms with Crippen LogP contribution in [-0.2, 0) is 9.59 Å². The van der Waals surface area contributed by atoms with Crippen molar-refractivity contribution < 1.29 is 9.59 Å². The van der Waals surface area contributed by atoms with Crippen LogP contribution in [0.4, 0.5) is 11.5 Å². The number of nitrogens with one attached hydrogen (secondary N) is 2. The first-order valence-corrected chi connectivity index (χ1v) is 9.06. The molecule has 2 rings (SSSR count). The number of thioether (sulfide) groups is 1. The number of carbonyl (C=O) groups excluding carboxylic acids is 2. The summed E-state index contributed by atoms with van der Waals surface area (Å²) < 4.78 is 0. The number of carbonyl (C=O) groups is 2. The number of pyridine rings is 1. The summed E-state index contributed by atoms with van der Waals surface area (Å²) >= 11 is 7.25. The first-order chi connectivity index (χ1) is 11.7. The number of hydrogen-bond donors (Lipinski definition) is 2. The van der Waals surface area contributed by atoms with Gasteiger partial charge in [0.2, 0.25) is 11.8 Å². The number of nitrogens with zero attached hydrogens (tertiary/aromatic N) is 1. The molecule has 0 saturated carbocycles. The van der Waals surface area contributed by atoms with Crippen LogP contribution in [-0.4, -0.2) is 22.6 Å². The lowest BCUT2D eigenvalue weighted by Gasteiger charge is -2.17. The number of hydrogen-bond acceptors (Lipinski definition) is 4. The first-order valence-electron chi connectivity index (χ1n) is 7.70. The van der Waals surface area contributed by atoms with Gasteiger partial charge in [0.1, 0.15) is 5.82 Å². The van der Waals surface area contributed by atoms with E-state index >= 15 is 0 Å². The van der Waals surface area contributed by atoms with Gasteiger partial charge in [-0.1, -0.05) is 32.4 Å². The van der Waals surface area contributed by atoms with Gasteiger partial charge in [0, 0.05) is 27.2 Å². The van der Waals surface area contributed by atoms with Crippen LogP contribution in [0.25, 0.3) is 0 Å². The lowest BCUT2D eigenvalue weighted by atomic mass is 9.95. The van der Waals surface area contributed by atoms with E-state index in [-0.39, 0.29) is 17.6 Å². The Morgan fingerprint density at radius 3 is 2.40 bits per heavy atom. The average Bonchev–Trinajstić information content (AvgIpc) is 2.53. The van der Waals surface area contributed by atoms with Crippen LogP contribution in [0.15, 0.2) is 47.5 Å². The highest BCUT2D eigenvalue weighted by Crippen LogP contribution is 2.22. The van der Waals surface area contributed by atoms with Crippen molar-refractivity contribution in [1.82, 2.24) is 4.98 Å². The van der Waals surface area contributed by atoms with Crippen LogP contribution >= 0.6 is 23.4 Å². The number of benzene rings is 1. The van der Waals surface area contributed by atoms with Crippen LogP contribution in [0, 0.1) is 5.41 Å². The Bertz CT molecular complexity index is 758. The van der Waals surface area contributed by atoms with Crippen molar-refractivity contribution in [3.8, 4) is 0 Å². The van der Waals surface area contributed by atoms with Crippen LogP contribution < -0.4 is 10.6 Å². The Balaban J connectivity index is 1.85. The highest BCUT2D eigenvalue weighted by atomic mass is 35.5. The molecule has 25 heavy (non-hydrogen) atoms. The number of halogens is 1. The van der Waals surface area contributed by atoms with Crippen LogP contribution in [0.2, 0.25) is 5.02 Å². The molecule has 0 spiro atoms. The number of rotatable bonds is 5. The Kier molecular flexibility index (Phi) is 6.45. The second-order valence-corrected chi connectivity index (χ2v) is 7.91. The van der Waals surface area contributed by atoms with Gasteiger partial charge >= 0.3 is 0 Å². The molecule has 1 aromatic carbocycles. The van der Waals surface area contributed by atoms with E-state index in [1.54, 1.807) is 12.1 Å². The molecule has 0 fully saturated rings. The van der Waals surface area contributed by atoms with Gasteiger partial charge < -0.3 is 10.6 Å². The van der Waals surface area contributed by atoms with E-state index in [4.69, 9.17) is 11.6 Å². The summed E-state index contributed by atoms with van der Waals surface area (Å²) in [5.41, 5.74) is 0.289. The zero-order valence-corrected chi connectivity index (χ0v) is 15.9. The van der Waals surface area contributed by atoms with Crippen LogP contribution in [0.1, 0.15) is 20.8 Å². The van der Waals surface area contributed by atoms with E-state index in [2.05, 4.69) is 15.6 Å². The third-order valence-electron chi connectivity index (χ3n) is 3.15. The third-order valence-corrected chi connectivity index (χ3v) is 4.40. The number of anilines is 2. The summed E-state index contributed by atoms with van der Waals surface area (Å²) in [6.07, 6.45) is 1.54. The SMILES string of the molecule is CC(C)(C)C(=O)Nc1ccc(SCC(=O)Nc2cc(Cl)ccn2)cc1. The topological polar surface area (TPSA) is 71.1 Å². The van der Waals surface area contributed by atoms with Crippen molar-refractivity contribution in [2.24, 2.45) is 5.41 Å². The number of aromatic nitrogens is 1. The monoisotopic (exact) mass is 377 g/mol. The van der Waals surface area contributed by atoms with Gasteiger partial charge in [0.05, 0.1) is 5.75 Å². The quantitative estimate of drug-likeness (QED) is 0.755. The summed E-state index contributed by atoms with van der Waals surface area (Å²) in [6.45, 7) is 5.58. The summed E-state index contributed by atoms with van der Waals surface area (Å²) in [6, 6.07) is 10.6. The van der Waals surface area contributed by atoms with E-state index in [0.29, 0.717) is 10.8 Å². The Morgan fingerprint density at radius 1 is 1.12 bits per heavy atom. The maximum absolute atomic E-state index is 11.9. The Hall–Kier alpha value is -2.05. The minimum Gasteiger partial charge on any atom is -0.326 e. The molecule has 2 N–H and O–H groups in total. The molecule has 0 radical (unpaired) electrons. The van der Waals surface area contributed by atoms with Crippen LogP contribution in [0.3, 0.4) is 0 Å².